The Morgan fingerprint density at radius 2 is 1.74 bits per heavy atom. The lowest BCUT2D eigenvalue weighted by Crippen LogP contribution is -2.40. The zero-order valence-corrected chi connectivity index (χ0v) is 12.5. The summed E-state index contributed by atoms with van der Waals surface area (Å²) in [4.78, 5) is 2.61. The summed E-state index contributed by atoms with van der Waals surface area (Å²) in [5.74, 6) is 0.357. The summed E-state index contributed by atoms with van der Waals surface area (Å²) in [6.07, 6.45) is 5.03. The maximum atomic E-state index is 9.41. The van der Waals surface area contributed by atoms with Crippen LogP contribution in [0.1, 0.15) is 58.1 Å². The normalized spacial score (nSPS) is 21.2. The Hall–Kier alpha value is -1.02. The number of phenols is 1. The van der Waals surface area contributed by atoms with Gasteiger partial charge in [0.1, 0.15) is 5.75 Å². The molecule has 1 aliphatic heterocycles. The van der Waals surface area contributed by atoms with Crippen LogP contribution in [-0.4, -0.2) is 23.1 Å². The van der Waals surface area contributed by atoms with Crippen LogP contribution in [0.2, 0.25) is 0 Å². The average Bonchev–Trinajstić information content (AvgIpc) is 2.44. The maximum Gasteiger partial charge on any atom is 0.115 e. The van der Waals surface area contributed by atoms with Crippen molar-refractivity contribution in [2.75, 3.05) is 13.1 Å². The quantitative estimate of drug-likeness (QED) is 0.870. The summed E-state index contributed by atoms with van der Waals surface area (Å²) < 4.78 is 0. The lowest BCUT2D eigenvalue weighted by atomic mass is 9.77. The van der Waals surface area contributed by atoms with Crippen LogP contribution >= 0.6 is 0 Å². The van der Waals surface area contributed by atoms with Gasteiger partial charge in [-0.05, 0) is 55.5 Å². The van der Waals surface area contributed by atoms with Crippen molar-refractivity contribution < 1.29 is 5.11 Å². The molecular weight excluding hydrogens is 234 g/mol. The first-order chi connectivity index (χ1) is 9.08. The van der Waals surface area contributed by atoms with E-state index in [0.29, 0.717) is 17.2 Å². The lowest BCUT2D eigenvalue weighted by Gasteiger charge is -2.42. The zero-order chi connectivity index (χ0) is 13.9. The van der Waals surface area contributed by atoms with E-state index in [0.717, 1.165) is 6.42 Å². The molecule has 0 amide bonds. The molecular formula is C17H27NO. The minimum Gasteiger partial charge on any atom is -0.508 e. The zero-order valence-electron chi connectivity index (χ0n) is 12.5. The van der Waals surface area contributed by atoms with Crippen molar-refractivity contribution in [1.29, 1.82) is 0 Å². The molecule has 19 heavy (non-hydrogen) atoms. The number of phenolic OH excluding ortho intramolecular Hbond substituents is 1. The number of aromatic hydroxyl groups is 1. The highest BCUT2D eigenvalue weighted by molar-refractivity contribution is 5.28. The van der Waals surface area contributed by atoms with Crippen molar-refractivity contribution in [2.45, 2.75) is 52.5 Å². The van der Waals surface area contributed by atoms with E-state index in [1.165, 1.54) is 37.9 Å². The van der Waals surface area contributed by atoms with Gasteiger partial charge in [-0.2, -0.15) is 0 Å². The van der Waals surface area contributed by atoms with E-state index in [1.807, 2.05) is 0 Å². The Morgan fingerprint density at radius 3 is 2.21 bits per heavy atom. The van der Waals surface area contributed by atoms with Gasteiger partial charge in [-0.1, -0.05) is 39.3 Å². The molecule has 1 saturated heterocycles. The van der Waals surface area contributed by atoms with Crippen molar-refractivity contribution in [1.82, 2.24) is 4.90 Å². The Morgan fingerprint density at radius 1 is 1.16 bits per heavy atom. The van der Waals surface area contributed by atoms with Crippen molar-refractivity contribution >= 4 is 0 Å². The van der Waals surface area contributed by atoms with Crippen molar-refractivity contribution in [2.24, 2.45) is 5.41 Å². The fourth-order valence-corrected chi connectivity index (χ4v) is 3.13. The van der Waals surface area contributed by atoms with E-state index in [4.69, 9.17) is 0 Å². The highest BCUT2D eigenvalue weighted by Crippen LogP contribution is 2.37. The van der Waals surface area contributed by atoms with E-state index in [2.05, 4.69) is 37.8 Å². The van der Waals surface area contributed by atoms with Gasteiger partial charge in [0, 0.05) is 6.04 Å². The first kappa shape index (κ1) is 14.4. The van der Waals surface area contributed by atoms with Crippen LogP contribution in [0.5, 0.6) is 5.75 Å². The summed E-state index contributed by atoms with van der Waals surface area (Å²) in [6.45, 7) is 9.39. The molecule has 1 aliphatic rings. The second-order valence-corrected chi connectivity index (χ2v) is 6.22. The van der Waals surface area contributed by atoms with E-state index in [9.17, 15) is 5.11 Å². The molecule has 1 heterocycles. The molecule has 1 aromatic carbocycles. The fourth-order valence-electron chi connectivity index (χ4n) is 3.13. The predicted molar refractivity (Wildman–Crippen MR) is 80.3 cm³/mol. The van der Waals surface area contributed by atoms with Crippen LogP contribution in [0, 0.1) is 5.41 Å². The number of piperidine rings is 1. The van der Waals surface area contributed by atoms with Crippen molar-refractivity contribution in [3.05, 3.63) is 29.8 Å². The van der Waals surface area contributed by atoms with Gasteiger partial charge >= 0.3 is 0 Å². The molecule has 1 aromatic rings. The Balaban J connectivity index is 2.05. The molecule has 0 aliphatic carbocycles. The van der Waals surface area contributed by atoms with E-state index >= 15 is 0 Å². The largest absolute Gasteiger partial charge is 0.508 e. The van der Waals surface area contributed by atoms with Crippen molar-refractivity contribution in [3.8, 4) is 5.75 Å². The summed E-state index contributed by atoms with van der Waals surface area (Å²) >= 11 is 0. The van der Waals surface area contributed by atoms with Gasteiger partial charge in [0.15, 0.2) is 0 Å². The van der Waals surface area contributed by atoms with E-state index in [1.54, 1.807) is 12.1 Å². The third kappa shape index (κ3) is 3.30. The number of hydrogen-bond donors (Lipinski definition) is 1. The summed E-state index contributed by atoms with van der Waals surface area (Å²) in [6, 6.07) is 8.24. The van der Waals surface area contributed by atoms with Crippen LogP contribution in [0.15, 0.2) is 24.3 Å². The Labute approximate surface area is 117 Å². The highest BCUT2D eigenvalue weighted by atomic mass is 16.3. The molecule has 1 unspecified atom stereocenters. The number of rotatable bonds is 4. The van der Waals surface area contributed by atoms with Crippen LogP contribution < -0.4 is 0 Å². The van der Waals surface area contributed by atoms with Gasteiger partial charge in [-0.25, -0.2) is 0 Å². The summed E-state index contributed by atoms with van der Waals surface area (Å²) in [7, 11) is 0. The molecule has 0 saturated carbocycles. The lowest BCUT2D eigenvalue weighted by molar-refractivity contribution is 0.0785. The molecule has 1 atom stereocenters. The van der Waals surface area contributed by atoms with Gasteiger partial charge in [0.25, 0.3) is 0 Å². The maximum absolute atomic E-state index is 9.41. The van der Waals surface area contributed by atoms with Gasteiger partial charge in [0.2, 0.25) is 0 Å². The minimum atomic E-state index is 0.357. The van der Waals surface area contributed by atoms with Gasteiger partial charge in [0.05, 0.1) is 0 Å². The summed E-state index contributed by atoms with van der Waals surface area (Å²) in [5, 5.41) is 9.41. The highest BCUT2D eigenvalue weighted by Gasteiger charge is 2.31. The Bertz CT molecular complexity index is 390. The second-order valence-electron chi connectivity index (χ2n) is 6.22. The second kappa shape index (κ2) is 5.96. The Kier molecular flexibility index (Phi) is 4.51. The molecule has 2 heteroatoms. The third-order valence-corrected chi connectivity index (χ3v) is 4.96. The topological polar surface area (TPSA) is 23.5 Å². The molecule has 106 valence electrons. The number of likely N-dealkylation sites (tertiary alicyclic amines) is 1. The van der Waals surface area contributed by atoms with E-state index in [-0.39, 0.29) is 0 Å². The number of hydrogen-bond acceptors (Lipinski definition) is 2. The van der Waals surface area contributed by atoms with Crippen LogP contribution in [0.25, 0.3) is 0 Å². The van der Waals surface area contributed by atoms with Crippen LogP contribution in [0.3, 0.4) is 0 Å². The average molecular weight is 261 g/mol. The SMILES string of the molecule is CCC(c1ccc(O)cc1)N1CCC(C)(CC)CC1. The summed E-state index contributed by atoms with van der Waals surface area (Å²) in [5.41, 5.74) is 1.88. The van der Waals surface area contributed by atoms with Crippen LogP contribution in [-0.2, 0) is 0 Å². The van der Waals surface area contributed by atoms with Gasteiger partial charge < -0.3 is 5.11 Å². The molecule has 0 spiro atoms. The molecule has 1 N–H and O–H groups in total. The molecule has 0 radical (unpaired) electrons. The third-order valence-electron chi connectivity index (χ3n) is 4.96. The van der Waals surface area contributed by atoms with Crippen LogP contribution in [0.4, 0.5) is 0 Å². The monoisotopic (exact) mass is 261 g/mol. The minimum absolute atomic E-state index is 0.357. The number of benzene rings is 1. The fraction of sp³-hybridized carbons (Fsp3) is 0.647. The van der Waals surface area contributed by atoms with Gasteiger partial charge in [-0.15, -0.1) is 0 Å². The molecule has 0 aromatic heterocycles. The molecule has 2 rings (SSSR count). The molecule has 1 fully saturated rings. The first-order valence-corrected chi connectivity index (χ1v) is 7.61. The first-order valence-electron chi connectivity index (χ1n) is 7.61. The predicted octanol–water partition coefficient (Wildman–Crippen LogP) is 4.36. The molecule has 0 bridgehead atoms. The van der Waals surface area contributed by atoms with Gasteiger partial charge in [-0.3, -0.25) is 4.90 Å². The number of nitrogens with zero attached hydrogens (tertiary/aromatic N) is 1. The standard InChI is InChI=1S/C17H27NO/c1-4-16(14-6-8-15(19)9-7-14)18-12-10-17(3,5-2)11-13-18/h6-9,16,19H,4-5,10-13H2,1-3H3. The smallest absolute Gasteiger partial charge is 0.115 e. The van der Waals surface area contributed by atoms with Crippen molar-refractivity contribution in [3.63, 3.8) is 0 Å². The molecule has 2 nitrogen and oxygen atoms in total. The van der Waals surface area contributed by atoms with E-state index < -0.39 is 0 Å².